The van der Waals surface area contributed by atoms with Crippen LogP contribution >= 0.6 is 24.0 Å². The molecule has 8 heteroatoms. The molecule has 1 aromatic carbocycles. The molecular formula is C20H28IN3O4. The largest absolute Gasteiger partial charge is 0.496 e. The number of rotatable bonds is 7. The molecule has 28 heavy (non-hydrogen) atoms. The van der Waals surface area contributed by atoms with Gasteiger partial charge in [-0.25, -0.2) is 9.79 Å². The highest BCUT2D eigenvalue weighted by Crippen LogP contribution is 2.20. The fourth-order valence-electron chi connectivity index (χ4n) is 2.60. The molecule has 0 aliphatic rings. The SMILES string of the molecule is CCNC(=NCc1ccc(C)cc1OC)NCc1cc(C(=O)OC)c(C)o1.I. The molecule has 0 bridgehead atoms. The first-order valence-electron chi connectivity index (χ1n) is 8.81. The lowest BCUT2D eigenvalue weighted by atomic mass is 10.1. The van der Waals surface area contributed by atoms with Gasteiger partial charge in [-0.2, -0.15) is 0 Å². The van der Waals surface area contributed by atoms with E-state index in [0.717, 1.165) is 23.4 Å². The van der Waals surface area contributed by atoms with Crippen LogP contribution in [0.3, 0.4) is 0 Å². The molecular weight excluding hydrogens is 473 g/mol. The Labute approximate surface area is 182 Å². The fourth-order valence-corrected chi connectivity index (χ4v) is 2.60. The van der Waals surface area contributed by atoms with Crippen molar-refractivity contribution in [3.8, 4) is 5.75 Å². The highest BCUT2D eigenvalue weighted by atomic mass is 127. The molecule has 2 N–H and O–H groups in total. The second-order valence-electron chi connectivity index (χ2n) is 6.04. The minimum atomic E-state index is -0.408. The van der Waals surface area contributed by atoms with Crippen molar-refractivity contribution in [3.63, 3.8) is 0 Å². The normalized spacial score (nSPS) is 10.8. The van der Waals surface area contributed by atoms with Gasteiger partial charge in [0.1, 0.15) is 22.8 Å². The van der Waals surface area contributed by atoms with Gasteiger partial charge in [-0.05, 0) is 38.5 Å². The maximum atomic E-state index is 11.7. The number of hydrogen-bond acceptors (Lipinski definition) is 5. The molecule has 1 heterocycles. The molecule has 0 fully saturated rings. The van der Waals surface area contributed by atoms with Crippen molar-refractivity contribution < 1.29 is 18.7 Å². The number of carbonyl (C=O) groups is 1. The lowest BCUT2D eigenvalue weighted by molar-refractivity contribution is 0.0599. The Morgan fingerprint density at radius 3 is 2.57 bits per heavy atom. The van der Waals surface area contributed by atoms with Crippen LogP contribution in [0.15, 0.2) is 33.7 Å². The first kappa shape index (κ1) is 23.8. The van der Waals surface area contributed by atoms with Crippen molar-refractivity contribution in [1.29, 1.82) is 0 Å². The standard InChI is InChI=1S/C20H27N3O4.HI/c1-6-21-20(22-11-15-8-7-13(2)9-18(15)25-4)23-12-16-10-17(14(3)27-16)19(24)26-5;/h7-10H,6,11-12H2,1-5H3,(H2,21,22,23);1H. The van der Waals surface area contributed by atoms with E-state index in [1.165, 1.54) is 7.11 Å². The Hall–Kier alpha value is -2.23. The molecule has 2 rings (SSSR count). The lowest BCUT2D eigenvalue weighted by Gasteiger charge is -2.11. The van der Waals surface area contributed by atoms with Crippen molar-refractivity contribution in [2.45, 2.75) is 33.9 Å². The molecule has 154 valence electrons. The first-order valence-corrected chi connectivity index (χ1v) is 8.81. The maximum absolute atomic E-state index is 11.7. The molecule has 0 unspecified atom stereocenters. The number of hydrogen-bond donors (Lipinski definition) is 2. The van der Waals surface area contributed by atoms with Crippen molar-refractivity contribution in [2.75, 3.05) is 20.8 Å². The average Bonchev–Trinajstić information content (AvgIpc) is 3.04. The highest BCUT2D eigenvalue weighted by molar-refractivity contribution is 14.0. The summed E-state index contributed by atoms with van der Waals surface area (Å²) >= 11 is 0. The van der Waals surface area contributed by atoms with Gasteiger partial charge in [0.25, 0.3) is 0 Å². The van der Waals surface area contributed by atoms with E-state index in [2.05, 4.69) is 15.6 Å². The van der Waals surface area contributed by atoms with E-state index < -0.39 is 5.97 Å². The van der Waals surface area contributed by atoms with Gasteiger partial charge in [-0.3, -0.25) is 0 Å². The third kappa shape index (κ3) is 6.43. The lowest BCUT2D eigenvalue weighted by Crippen LogP contribution is -2.36. The molecule has 0 aliphatic carbocycles. The molecule has 2 aromatic rings. The molecule has 7 nitrogen and oxygen atoms in total. The van der Waals surface area contributed by atoms with Crippen molar-refractivity contribution in [2.24, 2.45) is 4.99 Å². The van der Waals surface area contributed by atoms with Crippen LogP contribution in [0.4, 0.5) is 0 Å². The number of carbonyl (C=O) groups excluding carboxylic acids is 1. The number of furan rings is 1. The van der Waals surface area contributed by atoms with Crippen LogP contribution in [-0.2, 0) is 17.8 Å². The molecule has 0 atom stereocenters. The van der Waals surface area contributed by atoms with Crippen LogP contribution in [0.25, 0.3) is 0 Å². The molecule has 0 amide bonds. The number of benzene rings is 1. The summed E-state index contributed by atoms with van der Waals surface area (Å²) < 4.78 is 15.8. The number of nitrogens with one attached hydrogen (secondary N) is 2. The molecule has 0 saturated carbocycles. The molecule has 1 aromatic heterocycles. The summed E-state index contributed by atoms with van der Waals surface area (Å²) in [6, 6.07) is 7.72. The van der Waals surface area contributed by atoms with Crippen LogP contribution < -0.4 is 15.4 Å². The third-order valence-corrected chi connectivity index (χ3v) is 4.00. The minimum Gasteiger partial charge on any atom is -0.496 e. The summed E-state index contributed by atoms with van der Waals surface area (Å²) in [5.74, 6) is 2.22. The maximum Gasteiger partial charge on any atom is 0.341 e. The smallest absolute Gasteiger partial charge is 0.341 e. The van der Waals surface area contributed by atoms with Crippen LogP contribution in [0, 0.1) is 13.8 Å². The van der Waals surface area contributed by atoms with Crippen molar-refractivity contribution >= 4 is 35.9 Å². The summed E-state index contributed by atoms with van der Waals surface area (Å²) in [4.78, 5) is 16.3. The van der Waals surface area contributed by atoms with Gasteiger partial charge in [0.15, 0.2) is 5.96 Å². The third-order valence-electron chi connectivity index (χ3n) is 4.00. The van der Waals surface area contributed by atoms with E-state index in [-0.39, 0.29) is 24.0 Å². The summed E-state index contributed by atoms with van der Waals surface area (Å²) in [5, 5.41) is 6.40. The Balaban J connectivity index is 0.00000392. The fraction of sp³-hybridized carbons (Fsp3) is 0.400. The number of aliphatic imine (C=N–C) groups is 1. The zero-order chi connectivity index (χ0) is 19.8. The Morgan fingerprint density at radius 2 is 1.93 bits per heavy atom. The first-order chi connectivity index (χ1) is 13.0. The Bertz CT molecular complexity index is 818. The number of ether oxygens (including phenoxy) is 2. The van der Waals surface area contributed by atoms with Crippen LogP contribution in [0.5, 0.6) is 5.75 Å². The van der Waals surface area contributed by atoms with E-state index in [1.54, 1.807) is 20.1 Å². The second-order valence-corrected chi connectivity index (χ2v) is 6.04. The van der Waals surface area contributed by atoms with Crippen LogP contribution in [0.1, 0.15) is 39.9 Å². The molecule has 0 spiro atoms. The quantitative estimate of drug-likeness (QED) is 0.261. The van der Waals surface area contributed by atoms with Gasteiger partial charge in [-0.15, -0.1) is 24.0 Å². The number of aryl methyl sites for hydroxylation is 2. The van der Waals surface area contributed by atoms with Gasteiger partial charge < -0.3 is 24.5 Å². The number of nitrogens with zero attached hydrogens (tertiary/aromatic N) is 1. The summed E-state index contributed by atoms with van der Waals surface area (Å²) in [5.41, 5.74) is 2.57. The van der Waals surface area contributed by atoms with Gasteiger partial charge in [0.05, 0.1) is 27.3 Å². The summed E-state index contributed by atoms with van der Waals surface area (Å²) in [7, 11) is 3.01. The van der Waals surface area contributed by atoms with Crippen LogP contribution in [0.2, 0.25) is 0 Å². The molecule has 0 aliphatic heterocycles. The van der Waals surface area contributed by atoms with Gasteiger partial charge in [-0.1, -0.05) is 12.1 Å². The predicted octanol–water partition coefficient (Wildman–Crippen LogP) is 3.56. The van der Waals surface area contributed by atoms with E-state index >= 15 is 0 Å². The minimum absolute atomic E-state index is 0. The second kappa shape index (κ2) is 11.6. The van der Waals surface area contributed by atoms with Crippen LogP contribution in [-0.4, -0.2) is 32.7 Å². The van der Waals surface area contributed by atoms with Crippen molar-refractivity contribution in [3.05, 3.63) is 52.5 Å². The zero-order valence-corrected chi connectivity index (χ0v) is 19.2. The monoisotopic (exact) mass is 501 g/mol. The topological polar surface area (TPSA) is 85.1 Å². The van der Waals surface area contributed by atoms with E-state index in [0.29, 0.717) is 36.1 Å². The van der Waals surface area contributed by atoms with Gasteiger partial charge >= 0.3 is 5.97 Å². The average molecular weight is 501 g/mol. The number of esters is 1. The predicted molar refractivity (Wildman–Crippen MR) is 120 cm³/mol. The number of halogens is 1. The Morgan fingerprint density at radius 1 is 1.18 bits per heavy atom. The Kier molecular flexibility index (Phi) is 9.84. The molecule has 0 saturated heterocycles. The van der Waals surface area contributed by atoms with Gasteiger partial charge in [0.2, 0.25) is 0 Å². The van der Waals surface area contributed by atoms with E-state index in [1.807, 2.05) is 32.0 Å². The van der Waals surface area contributed by atoms with E-state index in [9.17, 15) is 4.79 Å². The summed E-state index contributed by atoms with van der Waals surface area (Å²) in [6.07, 6.45) is 0. The molecule has 0 radical (unpaired) electrons. The van der Waals surface area contributed by atoms with Gasteiger partial charge in [0, 0.05) is 12.1 Å². The summed E-state index contributed by atoms with van der Waals surface area (Å²) in [6.45, 7) is 7.35. The highest BCUT2D eigenvalue weighted by Gasteiger charge is 2.15. The van der Waals surface area contributed by atoms with E-state index in [4.69, 9.17) is 13.9 Å². The zero-order valence-electron chi connectivity index (χ0n) is 16.9. The number of methoxy groups -OCH3 is 2. The van der Waals surface area contributed by atoms with Crippen molar-refractivity contribution in [1.82, 2.24) is 10.6 Å². The number of guanidine groups is 1.